The standard InChI is InChI=1S/C13H25N3O4/c1-8(2)11(13(19)20)16-12(18)10(15-9(3)17)6-4-5-7-14/h8,10-11H,4-7,14H2,1-3H3,(H,15,17)(H,16,18)(H,19,20)/t10-,11-/m0/s1. The van der Waals surface area contributed by atoms with E-state index in [1.807, 2.05) is 0 Å². The second-order valence-corrected chi connectivity index (χ2v) is 5.11. The number of carboxylic acid groups (broad SMARTS) is 1. The van der Waals surface area contributed by atoms with E-state index in [0.717, 1.165) is 6.42 Å². The van der Waals surface area contributed by atoms with Gasteiger partial charge in [0, 0.05) is 6.92 Å². The zero-order valence-corrected chi connectivity index (χ0v) is 12.3. The summed E-state index contributed by atoms with van der Waals surface area (Å²) in [6.45, 7) is 5.25. The van der Waals surface area contributed by atoms with Crippen molar-refractivity contribution in [2.75, 3.05) is 6.54 Å². The first-order valence-corrected chi connectivity index (χ1v) is 6.80. The van der Waals surface area contributed by atoms with Gasteiger partial charge >= 0.3 is 5.97 Å². The molecule has 0 aliphatic rings. The number of nitrogens with two attached hydrogens (primary N) is 1. The van der Waals surface area contributed by atoms with Crippen molar-refractivity contribution in [2.45, 2.75) is 52.1 Å². The lowest BCUT2D eigenvalue weighted by Crippen LogP contribution is -2.52. The zero-order valence-electron chi connectivity index (χ0n) is 12.3. The van der Waals surface area contributed by atoms with Gasteiger partial charge in [-0.25, -0.2) is 4.79 Å². The van der Waals surface area contributed by atoms with Gasteiger partial charge in [-0.05, 0) is 31.7 Å². The highest BCUT2D eigenvalue weighted by atomic mass is 16.4. The number of hydrogen-bond donors (Lipinski definition) is 4. The minimum absolute atomic E-state index is 0.238. The Morgan fingerprint density at radius 2 is 1.75 bits per heavy atom. The van der Waals surface area contributed by atoms with Crippen LogP contribution in [-0.2, 0) is 14.4 Å². The Kier molecular flexibility index (Phi) is 8.54. The number of carbonyl (C=O) groups is 3. The molecule has 0 spiro atoms. The number of amides is 2. The first-order chi connectivity index (χ1) is 9.29. The van der Waals surface area contributed by atoms with Gasteiger partial charge in [0.05, 0.1) is 0 Å². The third kappa shape index (κ3) is 7.08. The van der Waals surface area contributed by atoms with E-state index in [0.29, 0.717) is 19.4 Å². The van der Waals surface area contributed by atoms with E-state index < -0.39 is 24.0 Å². The van der Waals surface area contributed by atoms with Gasteiger partial charge in [0.15, 0.2) is 0 Å². The van der Waals surface area contributed by atoms with Crippen molar-refractivity contribution in [2.24, 2.45) is 11.7 Å². The van der Waals surface area contributed by atoms with Crippen LogP contribution in [0.15, 0.2) is 0 Å². The van der Waals surface area contributed by atoms with Crippen LogP contribution in [0.1, 0.15) is 40.0 Å². The van der Waals surface area contributed by atoms with Crippen LogP contribution >= 0.6 is 0 Å². The second kappa shape index (κ2) is 9.30. The van der Waals surface area contributed by atoms with E-state index in [-0.39, 0.29) is 11.8 Å². The third-order valence-electron chi connectivity index (χ3n) is 2.87. The van der Waals surface area contributed by atoms with Crippen molar-refractivity contribution in [3.63, 3.8) is 0 Å². The highest BCUT2D eigenvalue weighted by Gasteiger charge is 2.27. The Morgan fingerprint density at radius 3 is 2.15 bits per heavy atom. The summed E-state index contributed by atoms with van der Waals surface area (Å²) < 4.78 is 0. The minimum atomic E-state index is -1.09. The van der Waals surface area contributed by atoms with Gasteiger partial charge in [-0.3, -0.25) is 9.59 Å². The lowest BCUT2D eigenvalue weighted by Gasteiger charge is -2.22. The minimum Gasteiger partial charge on any atom is -0.480 e. The molecule has 0 aromatic rings. The van der Waals surface area contributed by atoms with Crippen molar-refractivity contribution in [3.05, 3.63) is 0 Å². The smallest absolute Gasteiger partial charge is 0.326 e. The maximum atomic E-state index is 12.1. The van der Waals surface area contributed by atoms with E-state index >= 15 is 0 Å². The molecule has 5 N–H and O–H groups in total. The molecule has 0 saturated carbocycles. The molecule has 116 valence electrons. The molecule has 0 aliphatic heterocycles. The van der Waals surface area contributed by atoms with E-state index in [9.17, 15) is 14.4 Å². The number of carboxylic acids is 1. The molecule has 7 heteroatoms. The largest absolute Gasteiger partial charge is 0.480 e. The van der Waals surface area contributed by atoms with Gasteiger partial charge in [0.1, 0.15) is 12.1 Å². The summed E-state index contributed by atoms with van der Waals surface area (Å²) in [5, 5.41) is 14.1. The van der Waals surface area contributed by atoms with Crippen LogP contribution in [0.3, 0.4) is 0 Å². The maximum absolute atomic E-state index is 12.1. The normalized spacial score (nSPS) is 13.7. The molecule has 0 heterocycles. The van der Waals surface area contributed by atoms with Crippen molar-refractivity contribution in [3.8, 4) is 0 Å². The molecule has 0 bridgehead atoms. The number of aliphatic carboxylic acids is 1. The van der Waals surface area contributed by atoms with Crippen molar-refractivity contribution < 1.29 is 19.5 Å². The molecule has 0 rings (SSSR count). The van der Waals surface area contributed by atoms with Gasteiger partial charge in [-0.1, -0.05) is 13.8 Å². The summed E-state index contributed by atoms with van der Waals surface area (Å²) in [6.07, 6.45) is 1.87. The summed E-state index contributed by atoms with van der Waals surface area (Å²) >= 11 is 0. The third-order valence-corrected chi connectivity index (χ3v) is 2.87. The van der Waals surface area contributed by atoms with Crippen molar-refractivity contribution >= 4 is 17.8 Å². The average molecular weight is 287 g/mol. The first-order valence-electron chi connectivity index (χ1n) is 6.80. The number of nitrogens with one attached hydrogen (secondary N) is 2. The van der Waals surface area contributed by atoms with Crippen LogP contribution in [0, 0.1) is 5.92 Å². The first kappa shape index (κ1) is 18.4. The summed E-state index contributed by atoms with van der Waals surface area (Å²) in [4.78, 5) is 34.2. The van der Waals surface area contributed by atoms with Gasteiger partial charge in [-0.15, -0.1) is 0 Å². The predicted molar refractivity (Wildman–Crippen MR) is 74.9 cm³/mol. The second-order valence-electron chi connectivity index (χ2n) is 5.11. The van der Waals surface area contributed by atoms with Crippen LogP contribution in [0.4, 0.5) is 0 Å². The van der Waals surface area contributed by atoms with Crippen LogP contribution in [0.25, 0.3) is 0 Å². The molecule has 2 amide bonds. The Hall–Kier alpha value is -1.63. The molecule has 0 aromatic carbocycles. The summed E-state index contributed by atoms with van der Waals surface area (Å²) in [5.74, 6) is -2.12. The fraction of sp³-hybridized carbons (Fsp3) is 0.769. The van der Waals surface area contributed by atoms with Crippen LogP contribution in [0.5, 0.6) is 0 Å². The van der Waals surface area contributed by atoms with Crippen molar-refractivity contribution in [1.82, 2.24) is 10.6 Å². The molecule has 0 aliphatic carbocycles. The quantitative estimate of drug-likeness (QED) is 0.439. The Morgan fingerprint density at radius 1 is 1.15 bits per heavy atom. The molecular formula is C13H25N3O4. The van der Waals surface area contributed by atoms with Gasteiger partial charge in [0.2, 0.25) is 11.8 Å². The molecule has 0 aromatic heterocycles. The lowest BCUT2D eigenvalue weighted by atomic mass is 10.0. The van der Waals surface area contributed by atoms with Gasteiger partial charge < -0.3 is 21.5 Å². The van der Waals surface area contributed by atoms with E-state index in [1.165, 1.54) is 6.92 Å². The van der Waals surface area contributed by atoms with E-state index in [2.05, 4.69) is 10.6 Å². The zero-order chi connectivity index (χ0) is 15.7. The summed E-state index contributed by atoms with van der Waals surface area (Å²) in [5.41, 5.74) is 5.39. The van der Waals surface area contributed by atoms with Crippen LogP contribution in [0.2, 0.25) is 0 Å². The Bertz CT molecular complexity index is 345. The molecule has 7 nitrogen and oxygen atoms in total. The number of rotatable bonds is 9. The molecule has 20 heavy (non-hydrogen) atoms. The van der Waals surface area contributed by atoms with E-state index in [4.69, 9.17) is 10.8 Å². The number of carbonyl (C=O) groups excluding carboxylic acids is 2. The predicted octanol–water partition coefficient (Wildman–Crippen LogP) is -0.154. The fourth-order valence-corrected chi connectivity index (χ4v) is 1.77. The number of unbranched alkanes of at least 4 members (excludes halogenated alkanes) is 1. The maximum Gasteiger partial charge on any atom is 0.326 e. The fourth-order valence-electron chi connectivity index (χ4n) is 1.77. The monoisotopic (exact) mass is 287 g/mol. The molecule has 2 atom stereocenters. The molecular weight excluding hydrogens is 262 g/mol. The Balaban J connectivity index is 4.66. The SMILES string of the molecule is CC(=O)N[C@@H](CCCCN)C(=O)N[C@H](C(=O)O)C(C)C. The van der Waals surface area contributed by atoms with Crippen LogP contribution < -0.4 is 16.4 Å². The summed E-state index contributed by atoms with van der Waals surface area (Å²) in [6, 6.07) is -1.69. The molecule has 0 unspecified atom stereocenters. The van der Waals surface area contributed by atoms with Crippen LogP contribution in [-0.4, -0.2) is 41.5 Å². The van der Waals surface area contributed by atoms with E-state index in [1.54, 1.807) is 13.8 Å². The van der Waals surface area contributed by atoms with Crippen molar-refractivity contribution in [1.29, 1.82) is 0 Å². The molecule has 0 saturated heterocycles. The lowest BCUT2D eigenvalue weighted by molar-refractivity contribution is -0.143. The van der Waals surface area contributed by atoms with Gasteiger partial charge in [0.25, 0.3) is 0 Å². The molecule has 0 fully saturated rings. The number of hydrogen-bond acceptors (Lipinski definition) is 4. The highest BCUT2D eigenvalue weighted by Crippen LogP contribution is 2.05. The highest BCUT2D eigenvalue weighted by molar-refractivity contribution is 5.89. The average Bonchev–Trinajstić information content (AvgIpc) is 2.33. The summed E-state index contributed by atoms with van der Waals surface area (Å²) in [7, 11) is 0. The molecule has 0 radical (unpaired) electrons. The van der Waals surface area contributed by atoms with Gasteiger partial charge in [-0.2, -0.15) is 0 Å². The Labute approximate surface area is 119 Å². The topological polar surface area (TPSA) is 122 Å².